The van der Waals surface area contributed by atoms with Crippen LogP contribution in [0.15, 0.2) is 0 Å². The second-order valence-electron chi connectivity index (χ2n) is 3.56. The standard InChI is InChI=1S/C8H18N2/c1-6(2)10-8-5-9-4-7(8)3/h6-10H,4-5H2,1-3H3. The fourth-order valence-electron chi connectivity index (χ4n) is 1.46. The third-order valence-corrected chi connectivity index (χ3v) is 2.06. The zero-order chi connectivity index (χ0) is 7.56. The Hall–Kier alpha value is -0.0800. The van der Waals surface area contributed by atoms with Crippen LogP contribution in [0.25, 0.3) is 0 Å². The maximum absolute atomic E-state index is 3.53. The van der Waals surface area contributed by atoms with E-state index in [1.165, 1.54) is 6.54 Å². The quantitative estimate of drug-likeness (QED) is 0.590. The summed E-state index contributed by atoms with van der Waals surface area (Å²) in [5.41, 5.74) is 0. The van der Waals surface area contributed by atoms with Gasteiger partial charge in [-0.3, -0.25) is 0 Å². The molecule has 2 N–H and O–H groups in total. The van der Waals surface area contributed by atoms with Gasteiger partial charge >= 0.3 is 0 Å². The van der Waals surface area contributed by atoms with Gasteiger partial charge < -0.3 is 10.6 Å². The Bertz CT molecular complexity index is 101. The molecule has 1 saturated heterocycles. The van der Waals surface area contributed by atoms with Crippen molar-refractivity contribution in [2.75, 3.05) is 13.1 Å². The van der Waals surface area contributed by atoms with E-state index >= 15 is 0 Å². The number of rotatable bonds is 2. The van der Waals surface area contributed by atoms with E-state index in [1.807, 2.05) is 0 Å². The molecule has 0 amide bonds. The predicted octanol–water partition coefficient (Wildman–Crippen LogP) is 0.592. The molecule has 2 heteroatoms. The van der Waals surface area contributed by atoms with Gasteiger partial charge in [-0.15, -0.1) is 0 Å². The third kappa shape index (κ3) is 1.96. The van der Waals surface area contributed by atoms with E-state index in [4.69, 9.17) is 0 Å². The zero-order valence-corrected chi connectivity index (χ0v) is 7.15. The summed E-state index contributed by atoms with van der Waals surface area (Å²) in [6, 6.07) is 1.31. The molecular formula is C8H18N2. The van der Waals surface area contributed by atoms with Gasteiger partial charge in [0.1, 0.15) is 0 Å². The summed E-state index contributed by atoms with van der Waals surface area (Å²) in [6.45, 7) is 9.00. The molecule has 0 aromatic carbocycles. The average Bonchev–Trinajstić information content (AvgIpc) is 2.15. The van der Waals surface area contributed by atoms with Gasteiger partial charge in [-0.05, 0) is 12.5 Å². The Morgan fingerprint density at radius 1 is 1.40 bits per heavy atom. The molecule has 1 fully saturated rings. The van der Waals surface area contributed by atoms with Crippen molar-refractivity contribution in [3.05, 3.63) is 0 Å². The van der Waals surface area contributed by atoms with Crippen molar-refractivity contribution < 1.29 is 0 Å². The molecule has 1 aliphatic rings. The Balaban J connectivity index is 2.26. The maximum atomic E-state index is 3.53. The van der Waals surface area contributed by atoms with Gasteiger partial charge in [-0.1, -0.05) is 20.8 Å². The van der Waals surface area contributed by atoms with E-state index in [9.17, 15) is 0 Å². The van der Waals surface area contributed by atoms with Crippen LogP contribution >= 0.6 is 0 Å². The molecule has 2 unspecified atom stereocenters. The first kappa shape index (κ1) is 8.02. The molecule has 0 aromatic heterocycles. The first-order valence-electron chi connectivity index (χ1n) is 4.17. The van der Waals surface area contributed by atoms with Crippen molar-refractivity contribution in [1.82, 2.24) is 10.6 Å². The second-order valence-corrected chi connectivity index (χ2v) is 3.56. The Morgan fingerprint density at radius 2 is 2.10 bits per heavy atom. The van der Waals surface area contributed by atoms with E-state index in [1.54, 1.807) is 0 Å². The molecule has 0 aromatic rings. The molecule has 0 radical (unpaired) electrons. The van der Waals surface area contributed by atoms with Gasteiger partial charge in [0.25, 0.3) is 0 Å². The molecular weight excluding hydrogens is 124 g/mol. The van der Waals surface area contributed by atoms with Crippen LogP contribution in [0, 0.1) is 5.92 Å². The molecule has 0 aliphatic carbocycles. The SMILES string of the molecule is CC(C)NC1CNCC1C. The highest BCUT2D eigenvalue weighted by Gasteiger charge is 2.22. The topological polar surface area (TPSA) is 24.1 Å². The summed E-state index contributed by atoms with van der Waals surface area (Å²) >= 11 is 0. The lowest BCUT2D eigenvalue weighted by Crippen LogP contribution is -2.39. The monoisotopic (exact) mass is 142 g/mol. The first-order valence-corrected chi connectivity index (χ1v) is 4.17. The van der Waals surface area contributed by atoms with E-state index in [-0.39, 0.29) is 0 Å². The van der Waals surface area contributed by atoms with Gasteiger partial charge in [0.2, 0.25) is 0 Å². The largest absolute Gasteiger partial charge is 0.315 e. The third-order valence-electron chi connectivity index (χ3n) is 2.06. The first-order chi connectivity index (χ1) is 4.70. The van der Waals surface area contributed by atoms with E-state index in [0.29, 0.717) is 12.1 Å². The minimum absolute atomic E-state index is 0.618. The molecule has 1 heterocycles. The molecule has 10 heavy (non-hydrogen) atoms. The van der Waals surface area contributed by atoms with Crippen LogP contribution in [0.4, 0.5) is 0 Å². The highest BCUT2D eigenvalue weighted by molar-refractivity contribution is 4.84. The summed E-state index contributed by atoms with van der Waals surface area (Å²) in [7, 11) is 0. The number of hydrogen-bond donors (Lipinski definition) is 2. The number of hydrogen-bond acceptors (Lipinski definition) is 2. The smallest absolute Gasteiger partial charge is 0.0232 e. The van der Waals surface area contributed by atoms with Crippen molar-refractivity contribution in [3.8, 4) is 0 Å². The number of nitrogens with one attached hydrogen (secondary N) is 2. The summed E-state index contributed by atoms with van der Waals surface area (Å²) < 4.78 is 0. The molecule has 2 atom stereocenters. The molecule has 0 bridgehead atoms. The van der Waals surface area contributed by atoms with Crippen molar-refractivity contribution in [2.45, 2.75) is 32.9 Å². The highest BCUT2D eigenvalue weighted by Crippen LogP contribution is 2.07. The molecule has 60 valence electrons. The van der Waals surface area contributed by atoms with Crippen LogP contribution in [0.1, 0.15) is 20.8 Å². The highest BCUT2D eigenvalue weighted by atomic mass is 15.0. The van der Waals surface area contributed by atoms with E-state index < -0.39 is 0 Å². The molecule has 1 rings (SSSR count). The van der Waals surface area contributed by atoms with Crippen LogP contribution in [-0.2, 0) is 0 Å². The minimum atomic E-state index is 0.618. The van der Waals surface area contributed by atoms with Crippen LogP contribution in [0.2, 0.25) is 0 Å². The van der Waals surface area contributed by atoms with Gasteiger partial charge in [0.05, 0.1) is 0 Å². The zero-order valence-electron chi connectivity index (χ0n) is 7.15. The fraction of sp³-hybridized carbons (Fsp3) is 1.00. The lowest BCUT2D eigenvalue weighted by Gasteiger charge is -2.18. The maximum Gasteiger partial charge on any atom is 0.0232 e. The molecule has 2 nitrogen and oxygen atoms in total. The Morgan fingerprint density at radius 3 is 2.50 bits per heavy atom. The van der Waals surface area contributed by atoms with E-state index in [0.717, 1.165) is 12.5 Å². The normalized spacial score (nSPS) is 33.6. The lowest BCUT2D eigenvalue weighted by molar-refractivity contribution is 0.418. The summed E-state index contributed by atoms with van der Waals surface area (Å²) in [4.78, 5) is 0. The Labute approximate surface area is 63.4 Å². The van der Waals surface area contributed by atoms with Crippen LogP contribution in [0.3, 0.4) is 0 Å². The summed E-state index contributed by atoms with van der Waals surface area (Å²) in [6.07, 6.45) is 0. The molecule has 0 spiro atoms. The van der Waals surface area contributed by atoms with E-state index in [2.05, 4.69) is 31.4 Å². The van der Waals surface area contributed by atoms with Crippen LogP contribution < -0.4 is 10.6 Å². The van der Waals surface area contributed by atoms with Gasteiger partial charge in [0.15, 0.2) is 0 Å². The lowest BCUT2D eigenvalue weighted by atomic mass is 10.1. The second kappa shape index (κ2) is 3.35. The predicted molar refractivity (Wildman–Crippen MR) is 44.1 cm³/mol. The fourth-order valence-corrected chi connectivity index (χ4v) is 1.46. The molecule has 1 aliphatic heterocycles. The minimum Gasteiger partial charge on any atom is -0.315 e. The van der Waals surface area contributed by atoms with Crippen molar-refractivity contribution >= 4 is 0 Å². The Kier molecular flexibility index (Phi) is 2.69. The van der Waals surface area contributed by atoms with Gasteiger partial charge in [0, 0.05) is 18.6 Å². The van der Waals surface area contributed by atoms with Crippen molar-refractivity contribution in [1.29, 1.82) is 0 Å². The molecule has 0 saturated carbocycles. The van der Waals surface area contributed by atoms with Crippen molar-refractivity contribution in [3.63, 3.8) is 0 Å². The summed E-state index contributed by atoms with van der Waals surface area (Å²) in [5.74, 6) is 0.794. The van der Waals surface area contributed by atoms with Crippen LogP contribution in [0.5, 0.6) is 0 Å². The summed E-state index contributed by atoms with van der Waals surface area (Å²) in [5, 5.41) is 6.89. The average molecular weight is 142 g/mol. The van der Waals surface area contributed by atoms with Gasteiger partial charge in [-0.2, -0.15) is 0 Å². The van der Waals surface area contributed by atoms with Crippen LogP contribution in [-0.4, -0.2) is 25.2 Å². The van der Waals surface area contributed by atoms with Gasteiger partial charge in [-0.25, -0.2) is 0 Å². The van der Waals surface area contributed by atoms with Crippen molar-refractivity contribution in [2.24, 2.45) is 5.92 Å².